The minimum Gasteiger partial charge on any atom is -0.338 e. The highest BCUT2D eigenvalue weighted by Crippen LogP contribution is 2.18. The van der Waals surface area contributed by atoms with Gasteiger partial charge in [-0.1, -0.05) is 11.8 Å². The third kappa shape index (κ3) is 4.91. The Balaban J connectivity index is 2.15. The van der Waals surface area contributed by atoms with Gasteiger partial charge in [-0.15, -0.1) is 0 Å². The van der Waals surface area contributed by atoms with E-state index in [1.165, 1.54) is 17.6 Å². The van der Waals surface area contributed by atoms with Crippen LogP contribution in [-0.4, -0.2) is 44.8 Å². The zero-order valence-electron chi connectivity index (χ0n) is 15.1. The number of nitrogens with two attached hydrogens (primary N) is 1. The number of alkyl halides is 2. The van der Waals surface area contributed by atoms with Gasteiger partial charge in [-0.25, -0.2) is 14.3 Å². The van der Waals surface area contributed by atoms with Gasteiger partial charge in [-0.2, -0.15) is 5.10 Å². The summed E-state index contributed by atoms with van der Waals surface area (Å²) in [5, 5.41) is 14.9. The fraction of sp³-hybridized carbons (Fsp3) is 0.278. The van der Waals surface area contributed by atoms with Crippen molar-refractivity contribution in [2.24, 2.45) is 12.8 Å². The van der Waals surface area contributed by atoms with Crippen LogP contribution < -0.4 is 16.5 Å². The van der Waals surface area contributed by atoms with Crippen molar-refractivity contribution in [1.82, 2.24) is 20.6 Å². The van der Waals surface area contributed by atoms with E-state index in [2.05, 4.69) is 22.3 Å². The lowest BCUT2D eigenvalue weighted by Gasteiger charge is -2.32. The number of hydrogen-bond donors (Lipinski definition) is 4. The Morgan fingerprint density at radius 1 is 1.25 bits per heavy atom. The molecule has 2 aromatic rings. The minimum atomic E-state index is -3.12. The van der Waals surface area contributed by atoms with E-state index in [9.17, 15) is 18.4 Å². The second kappa shape index (κ2) is 8.60. The molecule has 0 aliphatic rings. The lowest BCUT2D eigenvalue weighted by Crippen LogP contribution is -2.66. The molecule has 0 aliphatic carbocycles. The Morgan fingerprint density at radius 2 is 1.86 bits per heavy atom. The first kappa shape index (κ1) is 21.0. The van der Waals surface area contributed by atoms with E-state index in [0.29, 0.717) is 5.56 Å². The third-order valence-corrected chi connectivity index (χ3v) is 3.94. The summed E-state index contributed by atoms with van der Waals surface area (Å²) >= 11 is 0. The summed E-state index contributed by atoms with van der Waals surface area (Å²) in [6.07, 6.45) is 0.224. The van der Waals surface area contributed by atoms with Crippen molar-refractivity contribution in [2.75, 3.05) is 0 Å². The summed E-state index contributed by atoms with van der Waals surface area (Å²) in [7, 11) is 1.77. The van der Waals surface area contributed by atoms with Crippen LogP contribution in [0.5, 0.6) is 0 Å². The Morgan fingerprint density at radius 3 is 2.36 bits per heavy atom. The number of nitrogens with zero attached hydrogens (tertiary/aromatic N) is 2. The minimum absolute atomic E-state index is 0.104. The lowest BCUT2D eigenvalue weighted by atomic mass is 9.92. The first-order valence-corrected chi connectivity index (χ1v) is 8.07. The molecular formula is C18H19F2N5O3. The van der Waals surface area contributed by atoms with Crippen LogP contribution in [0.25, 0.3) is 0 Å². The number of carbonyl (C=O) groups is 2. The van der Waals surface area contributed by atoms with Crippen molar-refractivity contribution < 1.29 is 23.6 Å². The topological polar surface area (TPSA) is 122 Å². The summed E-state index contributed by atoms with van der Waals surface area (Å²) < 4.78 is 27.9. The van der Waals surface area contributed by atoms with Crippen LogP contribution in [0.1, 0.15) is 28.4 Å². The zero-order chi connectivity index (χ0) is 20.9. The van der Waals surface area contributed by atoms with E-state index in [1.807, 2.05) is 0 Å². The second-order valence-corrected chi connectivity index (χ2v) is 6.28. The van der Waals surface area contributed by atoms with Crippen LogP contribution in [0.2, 0.25) is 0 Å². The highest BCUT2D eigenvalue weighted by molar-refractivity contribution is 5.98. The average molecular weight is 391 g/mol. The largest absolute Gasteiger partial charge is 0.338 e. The fourth-order valence-electron chi connectivity index (χ4n) is 2.24. The summed E-state index contributed by atoms with van der Waals surface area (Å²) in [5.74, 6) is 3.74. The zero-order valence-corrected chi connectivity index (χ0v) is 15.1. The predicted molar refractivity (Wildman–Crippen MR) is 95.4 cm³/mol. The molecule has 0 saturated heterocycles. The molecule has 0 radical (unpaired) electrons. The maximum Gasteiger partial charge on any atom is 0.268 e. The van der Waals surface area contributed by atoms with Crippen LogP contribution in [0.15, 0.2) is 36.7 Å². The lowest BCUT2D eigenvalue weighted by molar-refractivity contribution is -0.134. The van der Waals surface area contributed by atoms with Crippen molar-refractivity contribution in [3.8, 4) is 11.8 Å². The van der Waals surface area contributed by atoms with E-state index in [0.717, 1.165) is 12.5 Å². The van der Waals surface area contributed by atoms with Crippen molar-refractivity contribution in [2.45, 2.75) is 24.9 Å². The third-order valence-electron chi connectivity index (χ3n) is 3.94. The second-order valence-electron chi connectivity index (χ2n) is 6.28. The molecule has 0 saturated carbocycles. The summed E-state index contributed by atoms with van der Waals surface area (Å²) in [6.45, 7) is 0.898. The summed E-state index contributed by atoms with van der Waals surface area (Å²) in [4.78, 5) is 24.0. The summed E-state index contributed by atoms with van der Waals surface area (Å²) in [6, 6.07) is 4.12. The highest BCUT2D eigenvalue weighted by Gasteiger charge is 2.44. The van der Waals surface area contributed by atoms with Crippen LogP contribution in [0, 0.1) is 11.8 Å². The van der Waals surface area contributed by atoms with Crippen molar-refractivity contribution >= 4 is 11.8 Å². The average Bonchev–Trinajstić information content (AvgIpc) is 3.09. The van der Waals surface area contributed by atoms with Crippen LogP contribution in [-0.2, 0) is 11.8 Å². The molecule has 10 heteroatoms. The van der Waals surface area contributed by atoms with Crippen molar-refractivity contribution in [3.05, 3.63) is 53.3 Å². The van der Waals surface area contributed by atoms with E-state index in [4.69, 9.17) is 10.9 Å². The molecule has 2 rings (SSSR count). The number of carbonyl (C=O) groups excluding carboxylic acids is 2. The quantitative estimate of drug-likeness (QED) is 0.334. The fourth-order valence-corrected chi connectivity index (χ4v) is 2.24. The molecule has 8 nitrogen and oxygen atoms in total. The van der Waals surface area contributed by atoms with Crippen molar-refractivity contribution in [1.29, 1.82) is 0 Å². The van der Waals surface area contributed by atoms with Gasteiger partial charge in [0.1, 0.15) is 11.6 Å². The molecule has 28 heavy (non-hydrogen) atoms. The molecule has 0 bridgehead atoms. The number of nitrogens with one attached hydrogen (secondary N) is 2. The van der Waals surface area contributed by atoms with Gasteiger partial charge < -0.3 is 11.1 Å². The predicted octanol–water partition coefficient (Wildman–Crippen LogP) is 0.406. The van der Waals surface area contributed by atoms with Crippen molar-refractivity contribution in [3.63, 3.8) is 0 Å². The van der Waals surface area contributed by atoms with Gasteiger partial charge >= 0.3 is 0 Å². The molecule has 5 N–H and O–H groups in total. The molecule has 0 spiro atoms. The van der Waals surface area contributed by atoms with Gasteiger partial charge in [-0.3, -0.25) is 19.5 Å². The van der Waals surface area contributed by atoms with E-state index in [-0.39, 0.29) is 5.56 Å². The van der Waals surface area contributed by atoms with Crippen LogP contribution in [0.4, 0.5) is 8.78 Å². The Bertz CT molecular complexity index is 913. The van der Waals surface area contributed by atoms with Gasteiger partial charge in [0.05, 0.1) is 11.8 Å². The maximum absolute atomic E-state index is 13.1. The molecular weight excluding hydrogens is 372 g/mol. The standard InChI is InChI=1S/C18H19F2N5O3/c1-18(21,17(19)20)14(16(27)24-28)23-15(26)13-7-5-11(6-8-13)3-4-12-9-22-25(2)10-12/h5-10,14,17,28H,21H2,1-2H3,(H,23,26)(H,24,27)/t14-,18?/m1/s1. The molecule has 1 aromatic heterocycles. The summed E-state index contributed by atoms with van der Waals surface area (Å²) in [5.41, 5.74) is 5.74. The number of aryl methyl sites for hydroxylation is 1. The number of benzene rings is 1. The number of amides is 2. The number of rotatable bonds is 5. The highest BCUT2D eigenvalue weighted by atomic mass is 19.3. The van der Waals surface area contributed by atoms with Gasteiger partial charge in [0, 0.05) is 24.4 Å². The monoisotopic (exact) mass is 391 g/mol. The molecule has 148 valence electrons. The smallest absolute Gasteiger partial charge is 0.268 e. The Labute approximate surface area is 159 Å². The van der Waals surface area contributed by atoms with E-state index < -0.39 is 29.8 Å². The molecule has 2 atom stereocenters. The molecule has 1 heterocycles. The molecule has 1 unspecified atom stereocenters. The number of hydrogen-bond acceptors (Lipinski definition) is 5. The first-order chi connectivity index (χ1) is 13.1. The van der Waals surface area contributed by atoms with Gasteiger partial charge in [0.15, 0.2) is 0 Å². The Hall–Kier alpha value is -3.29. The van der Waals surface area contributed by atoms with Gasteiger partial charge in [-0.05, 0) is 31.2 Å². The van der Waals surface area contributed by atoms with Crippen LogP contribution in [0.3, 0.4) is 0 Å². The molecule has 0 aliphatic heterocycles. The Kier molecular flexibility index (Phi) is 6.45. The van der Waals surface area contributed by atoms with E-state index in [1.54, 1.807) is 36.3 Å². The number of aromatic nitrogens is 2. The van der Waals surface area contributed by atoms with Gasteiger partial charge in [0.2, 0.25) is 0 Å². The molecule has 1 aromatic carbocycles. The molecule has 2 amide bonds. The number of hydroxylamine groups is 1. The van der Waals surface area contributed by atoms with Crippen LogP contribution >= 0.6 is 0 Å². The number of halogens is 2. The normalized spacial score (nSPS) is 13.8. The molecule has 0 fully saturated rings. The van der Waals surface area contributed by atoms with E-state index >= 15 is 0 Å². The maximum atomic E-state index is 13.1. The van der Waals surface area contributed by atoms with Gasteiger partial charge in [0.25, 0.3) is 18.2 Å². The first-order valence-electron chi connectivity index (χ1n) is 8.07. The SMILES string of the molecule is Cn1cc(C#Cc2ccc(C(=O)N[C@H](C(=O)NO)C(C)(N)C(F)F)cc2)cn1.